The van der Waals surface area contributed by atoms with Crippen LogP contribution >= 0.6 is 23.4 Å². The maximum atomic E-state index is 11.6. The SMILES string of the molecule is CCc1cc(Oc2ccc(Cl)c3c2CCC3)ccc1CC(C=O)SC(=O)NC. The molecule has 0 fully saturated rings. The molecule has 0 aromatic heterocycles. The molecule has 0 bridgehead atoms. The number of rotatable bonds is 7. The first-order valence-corrected chi connectivity index (χ1v) is 10.7. The van der Waals surface area contributed by atoms with E-state index >= 15 is 0 Å². The smallest absolute Gasteiger partial charge is 0.279 e. The van der Waals surface area contributed by atoms with E-state index in [4.69, 9.17) is 16.3 Å². The van der Waals surface area contributed by atoms with Crippen molar-refractivity contribution in [3.05, 3.63) is 57.6 Å². The number of ether oxygens (including phenoxy) is 1. The van der Waals surface area contributed by atoms with Crippen molar-refractivity contribution in [3.63, 3.8) is 0 Å². The van der Waals surface area contributed by atoms with Gasteiger partial charge in [-0.15, -0.1) is 0 Å². The Labute approximate surface area is 175 Å². The second-order valence-corrected chi connectivity index (χ2v) is 8.40. The lowest BCUT2D eigenvalue weighted by Gasteiger charge is -2.16. The van der Waals surface area contributed by atoms with Crippen LogP contribution in [-0.2, 0) is 30.5 Å². The van der Waals surface area contributed by atoms with Crippen LogP contribution in [0.15, 0.2) is 30.3 Å². The van der Waals surface area contributed by atoms with E-state index in [1.807, 2.05) is 30.3 Å². The minimum atomic E-state index is -0.406. The van der Waals surface area contributed by atoms with Crippen LogP contribution < -0.4 is 10.1 Å². The molecular formula is C22H24ClNO3S. The summed E-state index contributed by atoms with van der Waals surface area (Å²) in [6.07, 6.45) is 5.26. The summed E-state index contributed by atoms with van der Waals surface area (Å²) in [6.45, 7) is 2.07. The number of carbonyl (C=O) groups excluding carboxylic acids is 2. The predicted molar refractivity (Wildman–Crippen MR) is 115 cm³/mol. The average Bonchev–Trinajstić information content (AvgIpc) is 3.21. The molecule has 6 heteroatoms. The van der Waals surface area contributed by atoms with E-state index in [0.717, 1.165) is 71.4 Å². The van der Waals surface area contributed by atoms with E-state index in [-0.39, 0.29) is 5.24 Å². The molecule has 2 aromatic carbocycles. The molecule has 28 heavy (non-hydrogen) atoms. The number of aryl methyl sites for hydroxylation is 1. The van der Waals surface area contributed by atoms with Gasteiger partial charge in [-0.1, -0.05) is 36.4 Å². The Balaban J connectivity index is 1.79. The van der Waals surface area contributed by atoms with Gasteiger partial charge in [0, 0.05) is 12.1 Å². The van der Waals surface area contributed by atoms with Crippen molar-refractivity contribution in [1.82, 2.24) is 5.32 Å². The minimum Gasteiger partial charge on any atom is -0.457 e. The number of carbonyl (C=O) groups is 2. The van der Waals surface area contributed by atoms with E-state index < -0.39 is 5.25 Å². The normalized spacial score (nSPS) is 13.7. The summed E-state index contributed by atoms with van der Waals surface area (Å²) in [5.41, 5.74) is 4.58. The summed E-state index contributed by atoms with van der Waals surface area (Å²) >= 11 is 7.33. The van der Waals surface area contributed by atoms with Gasteiger partial charge in [0.1, 0.15) is 17.8 Å². The van der Waals surface area contributed by atoms with Gasteiger partial charge in [-0.25, -0.2) is 0 Å². The second-order valence-electron chi connectivity index (χ2n) is 6.78. The molecule has 3 rings (SSSR count). The highest BCUT2D eigenvalue weighted by molar-refractivity contribution is 8.14. The summed E-state index contributed by atoms with van der Waals surface area (Å²) in [5.74, 6) is 1.64. The molecule has 1 aliphatic rings. The van der Waals surface area contributed by atoms with Gasteiger partial charge in [0.2, 0.25) is 0 Å². The van der Waals surface area contributed by atoms with Gasteiger partial charge in [0.25, 0.3) is 5.24 Å². The van der Waals surface area contributed by atoms with Crippen molar-refractivity contribution in [2.45, 2.75) is 44.3 Å². The molecule has 1 amide bonds. The molecule has 0 aliphatic heterocycles. The maximum absolute atomic E-state index is 11.6. The predicted octanol–water partition coefficient (Wildman–Crippen LogP) is 5.37. The van der Waals surface area contributed by atoms with Gasteiger partial charge in [0.15, 0.2) is 0 Å². The minimum absolute atomic E-state index is 0.202. The van der Waals surface area contributed by atoms with Crippen LogP contribution in [0.25, 0.3) is 0 Å². The standard InChI is InChI=1S/C22H24ClNO3S/c1-3-14-11-16(8-7-15(14)12-17(13-25)28-22(26)24-2)27-21-10-9-20(23)18-5-4-6-19(18)21/h7-11,13,17H,3-6,12H2,1-2H3,(H,24,26). The first-order valence-electron chi connectivity index (χ1n) is 9.49. The summed E-state index contributed by atoms with van der Waals surface area (Å²) < 4.78 is 6.19. The topological polar surface area (TPSA) is 55.4 Å². The number of benzene rings is 2. The zero-order valence-electron chi connectivity index (χ0n) is 16.1. The zero-order valence-corrected chi connectivity index (χ0v) is 17.7. The molecule has 1 N–H and O–H groups in total. The molecule has 1 aliphatic carbocycles. The number of amides is 1. The number of thioether (sulfide) groups is 1. The number of nitrogens with one attached hydrogen (secondary N) is 1. The maximum Gasteiger partial charge on any atom is 0.279 e. The van der Waals surface area contributed by atoms with Crippen molar-refractivity contribution < 1.29 is 14.3 Å². The van der Waals surface area contributed by atoms with E-state index in [0.29, 0.717) is 6.42 Å². The number of fused-ring (bicyclic) bond motifs is 1. The Kier molecular flexibility index (Phi) is 7.03. The van der Waals surface area contributed by atoms with Crippen LogP contribution in [0.2, 0.25) is 5.02 Å². The molecule has 0 radical (unpaired) electrons. The Hall–Kier alpha value is -1.98. The lowest BCUT2D eigenvalue weighted by molar-refractivity contribution is -0.107. The lowest BCUT2D eigenvalue weighted by Crippen LogP contribution is -2.19. The Morgan fingerprint density at radius 1 is 1.25 bits per heavy atom. The number of hydrogen-bond acceptors (Lipinski definition) is 4. The van der Waals surface area contributed by atoms with Gasteiger partial charge in [-0.2, -0.15) is 0 Å². The summed E-state index contributed by atoms with van der Waals surface area (Å²) in [5, 5.41) is 2.75. The van der Waals surface area contributed by atoms with Crippen LogP contribution in [0.1, 0.15) is 35.6 Å². The molecule has 4 nitrogen and oxygen atoms in total. The van der Waals surface area contributed by atoms with Crippen molar-refractivity contribution in [3.8, 4) is 11.5 Å². The molecule has 2 aromatic rings. The lowest BCUT2D eigenvalue weighted by atomic mass is 10.0. The summed E-state index contributed by atoms with van der Waals surface area (Å²) in [6, 6.07) is 9.79. The highest BCUT2D eigenvalue weighted by Gasteiger charge is 2.20. The third-order valence-electron chi connectivity index (χ3n) is 5.01. The largest absolute Gasteiger partial charge is 0.457 e. The van der Waals surface area contributed by atoms with Crippen LogP contribution in [0.3, 0.4) is 0 Å². The highest BCUT2D eigenvalue weighted by Crippen LogP contribution is 2.38. The first kappa shape index (κ1) is 20.7. The van der Waals surface area contributed by atoms with Crippen LogP contribution in [0.5, 0.6) is 11.5 Å². The first-order chi connectivity index (χ1) is 13.5. The Morgan fingerprint density at radius 3 is 2.75 bits per heavy atom. The van der Waals surface area contributed by atoms with Crippen LogP contribution in [0.4, 0.5) is 4.79 Å². The number of aldehydes is 1. The molecule has 0 heterocycles. The molecule has 148 valence electrons. The molecule has 0 saturated carbocycles. The fourth-order valence-electron chi connectivity index (χ4n) is 3.58. The Bertz CT molecular complexity index is 884. The van der Waals surface area contributed by atoms with Crippen LogP contribution in [0, 0.1) is 0 Å². The van der Waals surface area contributed by atoms with E-state index in [9.17, 15) is 9.59 Å². The number of halogens is 1. The molecule has 1 unspecified atom stereocenters. The molecule has 0 saturated heterocycles. The second kappa shape index (κ2) is 9.48. The average molecular weight is 418 g/mol. The van der Waals surface area contributed by atoms with Crippen molar-refractivity contribution in [1.29, 1.82) is 0 Å². The Morgan fingerprint density at radius 2 is 2.04 bits per heavy atom. The van der Waals surface area contributed by atoms with Crippen molar-refractivity contribution in [2.24, 2.45) is 0 Å². The van der Waals surface area contributed by atoms with Crippen molar-refractivity contribution >= 4 is 34.9 Å². The fraction of sp³-hybridized carbons (Fsp3) is 0.364. The third kappa shape index (κ3) is 4.70. The van der Waals surface area contributed by atoms with Gasteiger partial charge in [-0.05, 0) is 78.6 Å². The number of hydrogen-bond donors (Lipinski definition) is 1. The fourth-order valence-corrected chi connectivity index (χ4v) is 4.56. The van der Waals surface area contributed by atoms with E-state index in [1.165, 1.54) is 11.1 Å². The summed E-state index contributed by atoms with van der Waals surface area (Å²) in [4.78, 5) is 22.9. The quantitative estimate of drug-likeness (QED) is 0.615. The van der Waals surface area contributed by atoms with E-state index in [1.54, 1.807) is 7.05 Å². The van der Waals surface area contributed by atoms with Gasteiger partial charge < -0.3 is 14.8 Å². The van der Waals surface area contributed by atoms with Gasteiger partial charge in [0.05, 0.1) is 5.25 Å². The van der Waals surface area contributed by atoms with Crippen molar-refractivity contribution in [2.75, 3.05) is 7.05 Å². The van der Waals surface area contributed by atoms with E-state index in [2.05, 4.69) is 12.2 Å². The van der Waals surface area contributed by atoms with Crippen LogP contribution in [-0.4, -0.2) is 23.8 Å². The zero-order chi connectivity index (χ0) is 20.1. The molecular weight excluding hydrogens is 394 g/mol. The monoisotopic (exact) mass is 417 g/mol. The highest BCUT2D eigenvalue weighted by atomic mass is 35.5. The summed E-state index contributed by atoms with van der Waals surface area (Å²) in [7, 11) is 1.56. The van der Waals surface area contributed by atoms with Gasteiger partial charge in [-0.3, -0.25) is 4.79 Å². The third-order valence-corrected chi connectivity index (χ3v) is 6.36. The van der Waals surface area contributed by atoms with Gasteiger partial charge >= 0.3 is 0 Å². The molecule has 0 spiro atoms. The molecule has 1 atom stereocenters.